The third kappa shape index (κ3) is 1.89. The average Bonchev–Trinajstić information content (AvgIpc) is 2.60. The van der Waals surface area contributed by atoms with Gasteiger partial charge in [-0.1, -0.05) is 18.2 Å². The molecule has 0 fully saturated rings. The fourth-order valence-corrected chi connectivity index (χ4v) is 2.90. The number of hydrogen-bond acceptors (Lipinski definition) is 6. The summed E-state index contributed by atoms with van der Waals surface area (Å²) >= 11 is 0. The SMILES string of the molecule is COc1cc2oc(=O)c3c4ccccc4oc(=O)c3c2cc1OC. The second kappa shape index (κ2) is 5.13. The van der Waals surface area contributed by atoms with Crippen LogP contribution < -0.4 is 20.7 Å². The normalized spacial score (nSPS) is 11.2. The van der Waals surface area contributed by atoms with Crippen LogP contribution in [0.3, 0.4) is 0 Å². The third-order valence-corrected chi connectivity index (χ3v) is 3.98. The summed E-state index contributed by atoms with van der Waals surface area (Å²) in [4.78, 5) is 25.0. The molecule has 6 nitrogen and oxygen atoms in total. The van der Waals surface area contributed by atoms with E-state index in [0.29, 0.717) is 27.9 Å². The zero-order chi connectivity index (χ0) is 16.8. The molecule has 24 heavy (non-hydrogen) atoms. The van der Waals surface area contributed by atoms with Crippen LogP contribution in [0.15, 0.2) is 54.8 Å². The van der Waals surface area contributed by atoms with Crippen LogP contribution in [-0.2, 0) is 0 Å². The van der Waals surface area contributed by atoms with Gasteiger partial charge in [-0.3, -0.25) is 0 Å². The van der Waals surface area contributed by atoms with Crippen LogP contribution >= 0.6 is 0 Å². The lowest BCUT2D eigenvalue weighted by Gasteiger charge is -2.10. The first-order chi connectivity index (χ1) is 11.6. The van der Waals surface area contributed by atoms with Crippen LogP contribution in [0.25, 0.3) is 32.7 Å². The maximum Gasteiger partial charge on any atom is 0.345 e. The molecule has 0 bridgehead atoms. The van der Waals surface area contributed by atoms with Crippen molar-refractivity contribution in [3.05, 3.63) is 57.2 Å². The summed E-state index contributed by atoms with van der Waals surface area (Å²) in [5.74, 6) is 0.824. The molecular formula is C18H12O6. The van der Waals surface area contributed by atoms with Gasteiger partial charge in [0.25, 0.3) is 0 Å². The highest BCUT2D eigenvalue weighted by molar-refractivity contribution is 6.13. The maximum absolute atomic E-state index is 12.5. The number of para-hydroxylation sites is 1. The van der Waals surface area contributed by atoms with Gasteiger partial charge in [0.05, 0.1) is 25.0 Å². The second-order valence-corrected chi connectivity index (χ2v) is 5.23. The highest BCUT2D eigenvalue weighted by atomic mass is 16.5. The minimum Gasteiger partial charge on any atom is -0.493 e. The van der Waals surface area contributed by atoms with E-state index in [1.165, 1.54) is 20.3 Å². The zero-order valence-corrected chi connectivity index (χ0v) is 12.9. The zero-order valence-electron chi connectivity index (χ0n) is 12.9. The van der Waals surface area contributed by atoms with E-state index in [2.05, 4.69) is 0 Å². The summed E-state index contributed by atoms with van der Waals surface area (Å²) in [5.41, 5.74) is -0.641. The Morgan fingerprint density at radius 3 is 2.04 bits per heavy atom. The van der Waals surface area contributed by atoms with Gasteiger partial charge in [-0.25, -0.2) is 9.59 Å². The van der Waals surface area contributed by atoms with Gasteiger partial charge in [-0.15, -0.1) is 0 Å². The van der Waals surface area contributed by atoms with E-state index in [0.717, 1.165) is 0 Å². The van der Waals surface area contributed by atoms with E-state index >= 15 is 0 Å². The fraction of sp³-hybridized carbons (Fsp3) is 0.111. The van der Waals surface area contributed by atoms with Gasteiger partial charge in [0.1, 0.15) is 11.2 Å². The molecule has 0 saturated carbocycles. The monoisotopic (exact) mass is 324 g/mol. The highest BCUT2D eigenvalue weighted by Gasteiger charge is 2.18. The summed E-state index contributed by atoms with van der Waals surface area (Å²) < 4.78 is 21.2. The first kappa shape index (κ1) is 14.3. The molecule has 4 rings (SSSR count). The molecule has 0 aliphatic rings. The van der Waals surface area contributed by atoms with E-state index in [1.807, 2.05) is 0 Å². The number of ether oxygens (including phenoxy) is 2. The Labute approximate surface area is 134 Å². The van der Waals surface area contributed by atoms with Gasteiger partial charge in [-0.05, 0) is 12.1 Å². The molecule has 0 aliphatic heterocycles. The number of methoxy groups -OCH3 is 2. The van der Waals surface area contributed by atoms with Gasteiger partial charge in [0.15, 0.2) is 11.5 Å². The number of benzene rings is 2. The first-order valence-corrected chi connectivity index (χ1v) is 7.18. The lowest BCUT2D eigenvalue weighted by atomic mass is 10.1. The van der Waals surface area contributed by atoms with Crippen molar-refractivity contribution in [1.29, 1.82) is 0 Å². The van der Waals surface area contributed by atoms with E-state index in [4.69, 9.17) is 18.3 Å². The van der Waals surface area contributed by atoms with Crippen LogP contribution in [0.1, 0.15) is 0 Å². The molecule has 2 aromatic carbocycles. The van der Waals surface area contributed by atoms with Crippen LogP contribution in [-0.4, -0.2) is 14.2 Å². The molecule has 0 amide bonds. The smallest absolute Gasteiger partial charge is 0.345 e. The minimum absolute atomic E-state index is 0.168. The van der Waals surface area contributed by atoms with Gasteiger partial charge in [0, 0.05) is 16.8 Å². The Balaban J connectivity index is 2.32. The predicted molar refractivity (Wildman–Crippen MR) is 89.1 cm³/mol. The molecule has 0 unspecified atom stereocenters. The molecule has 2 aromatic heterocycles. The van der Waals surface area contributed by atoms with Crippen LogP contribution in [0.5, 0.6) is 11.5 Å². The molecule has 120 valence electrons. The molecule has 0 aliphatic carbocycles. The van der Waals surface area contributed by atoms with Gasteiger partial charge < -0.3 is 18.3 Å². The summed E-state index contributed by atoms with van der Waals surface area (Å²) in [7, 11) is 2.97. The maximum atomic E-state index is 12.5. The Bertz CT molecular complexity index is 1210. The molecule has 0 atom stereocenters. The van der Waals surface area contributed by atoms with Crippen LogP contribution in [0.4, 0.5) is 0 Å². The van der Waals surface area contributed by atoms with Crippen molar-refractivity contribution in [1.82, 2.24) is 0 Å². The Hall–Kier alpha value is -3.28. The van der Waals surface area contributed by atoms with E-state index in [1.54, 1.807) is 30.3 Å². The first-order valence-electron chi connectivity index (χ1n) is 7.18. The summed E-state index contributed by atoms with van der Waals surface area (Å²) in [6, 6.07) is 9.96. The van der Waals surface area contributed by atoms with E-state index in [-0.39, 0.29) is 16.4 Å². The van der Waals surface area contributed by atoms with Crippen molar-refractivity contribution >= 4 is 32.7 Å². The summed E-state index contributed by atoms with van der Waals surface area (Å²) in [5, 5.41) is 1.32. The molecular weight excluding hydrogens is 312 g/mol. The number of rotatable bonds is 2. The van der Waals surface area contributed by atoms with Crippen molar-refractivity contribution in [2.45, 2.75) is 0 Å². The molecule has 0 radical (unpaired) electrons. The molecule has 0 spiro atoms. The lowest BCUT2D eigenvalue weighted by molar-refractivity contribution is 0.355. The van der Waals surface area contributed by atoms with E-state index in [9.17, 15) is 9.59 Å². The Morgan fingerprint density at radius 1 is 0.750 bits per heavy atom. The fourth-order valence-electron chi connectivity index (χ4n) is 2.90. The van der Waals surface area contributed by atoms with Crippen molar-refractivity contribution in [2.24, 2.45) is 0 Å². The minimum atomic E-state index is -0.603. The van der Waals surface area contributed by atoms with E-state index < -0.39 is 11.3 Å². The third-order valence-electron chi connectivity index (χ3n) is 3.98. The number of hydrogen-bond donors (Lipinski definition) is 0. The van der Waals surface area contributed by atoms with Crippen LogP contribution in [0, 0.1) is 0 Å². The van der Waals surface area contributed by atoms with Gasteiger partial charge in [-0.2, -0.15) is 0 Å². The standard InChI is InChI=1S/C18H12O6/c1-21-13-7-10-12(8-14(13)22-2)24-17(19)15-9-5-3-4-6-11(9)23-18(20)16(10)15/h3-8H,1-2H3. The summed E-state index contributed by atoms with van der Waals surface area (Å²) in [6.45, 7) is 0. The molecule has 6 heteroatoms. The number of fused-ring (bicyclic) bond motifs is 5. The molecule has 4 aromatic rings. The second-order valence-electron chi connectivity index (χ2n) is 5.23. The van der Waals surface area contributed by atoms with Crippen molar-refractivity contribution in [2.75, 3.05) is 14.2 Å². The topological polar surface area (TPSA) is 78.9 Å². The highest BCUT2D eigenvalue weighted by Crippen LogP contribution is 2.34. The molecule has 0 saturated heterocycles. The Kier molecular flexibility index (Phi) is 3.06. The quantitative estimate of drug-likeness (QED) is 0.416. The molecule has 0 N–H and O–H groups in total. The average molecular weight is 324 g/mol. The van der Waals surface area contributed by atoms with Gasteiger partial charge in [0.2, 0.25) is 0 Å². The van der Waals surface area contributed by atoms with Crippen molar-refractivity contribution in [3.8, 4) is 11.5 Å². The van der Waals surface area contributed by atoms with Crippen molar-refractivity contribution in [3.63, 3.8) is 0 Å². The largest absolute Gasteiger partial charge is 0.493 e. The predicted octanol–water partition coefficient (Wildman–Crippen LogP) is 3.07. The molecule has 2 heterocycles. The van der Waals surface area contributed by atoms with Crippen LogP contribution in [0.2, 0.25) is 0 Å². The Morgan fingerprint density at radius 2 is 1.33 bits per heavy atom. The van der Waals surface area contributed by atoms with Crippen molar-refractivity contribution < 1.29 is 18.3 Å². The summed E-state index contributed by atoms with van der Waals surface area (Å²) in [6.07, 6.45) is 0. The van der Waals surface area contributed by atoms with Gasteiger partial charge >= 0.3 is 11.3 Å². The lowest BCUT2D eigenvalue weighted by Crippen LogP contribution is -2.09.